The Morgan fingerprint density at radius 1 is 1.25 bits per heavy atom. The molecular formula is C15H12ClFN2O. The molecule has 5 heteroatoms. The number of nitrogens with zero attached hydrogens (tertiary/aromatic N) is 1. The average molecular weight is 291 g/mol. The molecule has 0 aromatic heterocycles. The lowest BCUT2D eigenvalue weighted by molar-refractivity contribution is 0.0989. The number of benzene rings is 2. The van der Waals surface area contributed by atoms with Crippen LogP contribution in [0.3, 0.4) is 0 Å². The van der Waals surface area contributed by atoms with E-state index in [4.69, 9.17) is 17.3 Å². The van der Waals surface area contributed by atoms with Crippen molar-refractivity contribution in [2.24, 2.45) is 0 Å². The Labute approximate surface area is 120 Å². The summed E-state index contributed by atoms with van der Waals surface area (Å²) in [5.74, 6) is -0.697. The van der Waals surface area contributed by atoms with Crippen LogP contribution in [0.2, 0.25) is 5.02 Å². The van der Waals surface area contributed by atoms with Gasteiger partial charge in [-0.2, -0.15) is 0 Å². The van der Waals surface area contributed by atoms with E-state index < -0.39 is 5.82 Å². The summed E-state index contributed by atoms with van der Waals surface area (Å²) in [6, 6.07) is 9.30. The first-order valence-corrected chi connectivity index (χ1v) is 6.59. The van der Waals surface area contributed by atoms with Crippen LogP contribution in [0.15, 0.2) is 36.4 Å². The normalized spacial score (nSPS) is 13.4. The monoisotopic (exact) mass is 290 g/mol. The van der Waals surface area contributed by atoms with Crippen LogP contribution in [0.4, 0.5) is 15.8 Å². The van der Waals surface area contributed by atoms with Crippen molar-refractivity contribution in [3.05, 3.63) is 58.4 Å². The van der Waals surface area contributed by atoms with Gasteiger partial charge in [0.05, 0.1) is 10.6 Å². The highest BCUT2D eigenvalue weighted by Crippen LogP contribution is 2.32. The number of hydrogen-bond donors (Lipinski definition) is 1. The van der Waals surface area contributed by atoms with Gasteiger partial charge < -0.3 is 10.6 Å². The Balaban J connectivity index is 1.99. The summed E-state index contributed by atoms with van der Waals surface area (Å²) in [6.45, 7) is 0.575. The Hall–Kier alpha value is -2.07. The molecule has 3 nitrogen and oxygen atoms in total. The molecule has 0 bridgehead atoms. The molecule has 0 radical (unpaired) electrons. The van der Waals surface area contributed by atoms with Crippen molar-refractivity contribution in [1.82, 2.24) is 0 Å². The van der Waals surface area contributed by atoms with Crippen LogP contribution >= 0.6 is 11.6 Å². The van der Waals surface area contributed by atoms with Gasteiger partial charge in [0.25, 0.3) is 5.91 Å². The van der Waals surface area contributed by atoms with Crippen LogP contribution in [-0.4, -0.2) is 12.5 Å². The number of carbonyl (C=O) groups excluding carboxylic acids is 1. The van der Waals surface area contributed by atoms with Crippen LogP contribution in [0.1, 0.15) is 15.9 Å². The van der Waals surface area contributed by atoms with E-state index in [0.717, 1.165) is 23.7 Å². The molecule has 20 heavy (non-hydrogen) atoms. The van der Waals surface area contributed by atoms with Gasteiger partial charge >= 0.3 is 0 Å². The largest absolute Gasteiger partial charge is 0.399 e. The Morgan fingerprint density at radius 2 is 2.05 bits per heavy atom. The highest BCUT2D eigenvalue weighted by Gasteiger charge is 2.27. The van der Waals surface area contributed by atoms with Crippen LogP contribution in [0.25, 0.3) is 0 Å². The fourth-order valence-electron chi connectivity index (χ4n) is 2.42. The molecule has 2 aromatic rings. The first-order valence-electron chi connectivity index (χ1n) is 6.21. The summed E-state index contributed by atoms with van der Waals surface area (Å²) < 4.78 is 13.1. The number of amides is 1. The minimum atomic E-state index is -0.461. The molecule has 0 saturated carbocycles. The van der Waals surface area contributed by atoms with Gasteiger partial charge in [0.2, 0.25) is 0 Å². The second-order valence-corrected chi connectivity index (χ2v) is 5.13. The SMILES string of the molecule is Nc1ccc2c(c1)N(C(=O)c1ccc(F)cc1Cl)CC2. The van der Waals surface area contributed by atoms with E-state index in [9.17, 15) is 9.18 Å². The number of fused-ring (bicyclic) bond motifs is 1. The molecule has 102 valence electrons. The number of nitrogens with two attached hydrogens (primary N) is 1. The highest BCUT2D eigenvalue weighted by atomic mass is 35.5. The molecule has 1 amide bonds. The van der Waals surface area contributed by atoms with Crippen molar-refractivity contribution in [2.45, 2.75) is 6.42 Å². The molecule has 1 aliphatic rings. The van der Waals surface area contributed by atoms with Crippen molar-refractivity contribution in [2.75, 3.05) is 17.2 Å². The first-order chi connectivity index (χ1) is 9.56. The van der Waals surface area contributed by atoms with Gasteiger partial charge in [-0.25, -0.2) is 4.39 Å². The van der Waals surface area contributed by atoms with E-state index in [0.29, 0.717) is 17.8 Å². The Morgan fingerprint density at radius 3 is 2.80 bits per heavy atom. The van der Waals surface area contributed by atoms with Crippen LogP contribution in [0, 0.1) is 5.82 Å². The fraction of sp³-hybridized carbons (Fsp3) is 0.133. The average Bonchev–Trinajstić information content (AvgIpc) is 2.81. The standard InChI is InChI=1S/C15H12ClFN2O/c16-13-7-10(17)2-4-12(13)15(20)19-6-5-9-1-3-11(18)8-14(9)19/h1-4,7-8H,5-6,18H2. The van der Waals surface area contributed by atoms with Crippen molar-refractivity contribution in [3.63, 3.8) is 0 Å². The summed E-state index contributed by atoms with van der Waals surface area (Å²) >= 11 is 5.95. The van der Waals surface area contributed by atoms with Gasteiger partial charge in [0, 0.05) is 17.9 Å². The fourth-order valence-corrected chi connectivity index (χ4v) is 2.66. The zero-order valence-corrected chi connectivity index (χ0v) is 11.3. The third-order valence-electron chi connectivity index (χ3n) is 3.41. The van der Waals surface area contributed by atoms with E-state index in [1.807, 2.05) is 12.1 Å². The van der Waals surface area contributed by atoms with Crippen molar-refractivity contribution < 1.29 is 9.18 Å². The molecule has 3 rings (SSSR count). The third kappa shape index (κ3) is 2.12. The molecule has 2 N–H and O–H groups in total. The zero-order valence-electron chi connectivity index (χ0n) is 10.6. The zero-order chi connectivity index (χ0) is 14.3. The summed E-state index contributed by atoms with van der Waals surface area (Å²) in [5, 5.41) is 0.118. The summed E-state index contributed by atoms with van der Waals surface area (Å²) in [6.07, 6.45) is 0.778. The minimum absolute atomic E-state index is 0.118. The number of carbonyl (C=O) groups is 1. The number of hydrogen-bond acceptors (Lipinski definition) is 2. The molecule has 0 spiro atoms. The predicted molar refractivity (Wildman–Crippen MR) is 77.6 cm³/mol. The Kier molecular flexibility index (Phi) is 3.10. The lowest BCUT2D eigenvalue weighted by atomic mass is 10.1. The molecule has 0 saturated heterocycles. The summed E-state index contributed by atoms with van der Waals surface area (Å²) in [7, 11) is 0. The van der Waals surface area contributed by atoms with Gasteiger partial charge in [0.15, 0.2) is 0 Å². The Bertz CT molecular complexity index is 702. The van der Waals surface area contributed by atoms with E-state index in [-0.39, 0.29) is 10.9 Å². The van der Waals surface area contributed by atoms with Gasteiger partial charge in [0.1, 0.15) is 5.82 Å². The molecule has 0 unspecified atom stereocenters. The number of nitrogen functional groups attached to an aromatic ring is 1. The quantitative estimate of drug-likeness (QED) is 0.819. The van der Waals surface area contributed by atoms with Crippen LogP contribution in [0.5, 0.6) is 0 Å². The van der Waals surface area contributed by atoms with Crippen molar-refractivity contribution >= 4 is 28.9 Å². The van der Waals surface area contributed by atoms with E-state index in [2.05, 4.69) is 0 Å². The van der Waals surface area contributed by atoms with Gasteiger partial charge in [-0.3, -0.25) is 4.79 Å². The van der Waals surface area contributed by atoms with Gasteiger partial charge in [-0.15, -0.1) is 0 Å². The maximum absolute atomic E-state index is 13.1. The maximum Gasteiger partial charge on any atom is 0.259 e. The molecule has 1 aliphatic heterocycles. The molecule has 1 heterocycles. The van der Waals surface area contributed by atoms with Crippen molar-refractivity contribution in [3.8, 4) is 0 Å². The van der Waals surface area contributed by atoms with Gasteiger partial charge in [-0.1, -0.05) is 17.7 Å². The second kappa shape index (κ2) is 4.80. The molecular weight excluding hydrogens is 279 g/mol. The highest BCUT2D eigenvalue weighted by molar-refractivity contribution is 6.34. The lowest BCUT2D eigenvalue weighted by Gasteiger charge is -2.18. The van der Waals surface area contributed by atoms with Crippen LogP contribution < -0.4 is 10.6 Å². The summed E-state index contributed by atoms with van der Waals surface area (Å²) in [5.41, 5.74) is 8.54. The van der Waals surface area contributed by atoms with E-state index in [1.165, 1.54) is 12.1 Å². The maximum atomic E-state index is 13.1. The molecule has 0 atom stereocenters. The molecule has 2 aromatic carbocycles. The van der Waals surface area contributed by atoms with Crippen LogP contribution in [-0.2, 0) is 6.42 Å². The minimum Gasteiger partial charge on any atom is -0.399 e. The number of rotatable bonds is 1. The second-order valence-electron chi connectivity index (χ2n) is 4.72. The smallest absolute Gasteiger partial charge is 0.259 e. The molecule has 0 fully saturated rings. The number of halogens is 2. The molecule has 0 aliphatic carbocycles. The first kappa shape index (κ1) is 12.9. The van der Waals surface area contributed by atoms with Crippen molar-refractivity contribution in [1.29, 1.82) is 0 Å². The predicted octanol–water partition coefficient (Wildman–Crippen LogP) is 3.26. The number of anilines is 2. The van der Waals surface area contributed by atoms with E-state index in [1.54, 1.807) is 11.0 Å². The lowest BCUT2D eigenvalue weighted by Crippen LogP contribution is -2.29. The topological polar surface area (TPSA) is 46.3 Å². The van der Waals surface area contributed by atoms with Gasteiger partial charge in [-0.05, 0) is 42.3 Å². The van der Waals surface area contributed by atoms with E-state index >= 15 is 0 Å². The third-order valence-corrected chi connectivity index (χ3v) is 3.72. The summed E-state index contributed by atoms with van der Waals surface area (Å²) in [4.78, 5) is 14.2.